The number of para-hydroxylation sites is 1. The van der Waals surface area contributed by atoms with Crippen LogP contribution in [-0.4, -0.2) is 50.9 Å². The molecule has 0 radical (unpaired) electrons. The molecule has 12 heteroatoms. The van der Waals surface area contributed by atoms with Crippen molar-refractivity contribution in [3.63, 3.8) is 0 Å². The number of carbonyl (C=O) groups is 1. The highest BCUT2D eigenvalue weighted by Crippen LogP contribution is 2.37. The summed E-state index contributed by atoms with van der Waals surface area (Å²) in [6.07, 6.45) is 2.26. The quantitative estimate of drug-likeness (QED) is 0.338. The van der Waals surface area contributed by atoms with Crippen molar-refractivity contribution in [2.45, 2.75) is 6.61 Å². The smallest absolute Gasteiger partial charge is 0.387 e. The number of nitrogens with zero attached hydrogens (tertiary/aromatic N) is 2. The van der Waals surface area contributed by atoms with E-state index in [0.29, 0.717) is 42.7 Å². The van der Waals surface area contributed by atoms with Gasteiger partial charge in [0, 0.05) is 19.2 Å². The van der Waals surface area contributed by atoms with Gasteiger partial charge in [0.1, 0.15) is 0 Å². The first-order valence-corrected chi connectivity index (χ1v) is 10.1. The van der Waals surface area contributed by atoms with Crippen molar-refractivity contribution in [3.8, 4) is 11.5 Å². The topological polar surface area (TPSA) is 103 Å². The SMILES string of the molecule is COc1cc(/C=C/C(=O)Nc2cccc(Cl)c2N2CCOCC2)c([N+](=O)[O-])cc1OC(F)F. The van der Waals surface area contributed by atoms with Gasteiger partial charge in [-0.25, -0.2) is 0 Å². The summed E-state index contributed by atoms with van der Waals surface area (Å²) in [4.78, 5) is 25.2. The number of nitrogens with one attached hydrogen (secondary N) is 1. The number of ether oxygens (including phenoxy) is 3. The van der Waals surface area contributed by atoms with E-state index in [9.17, 15) is 23.7 Å². The third-order valence-electron chi connectivity index (χ3n) is 4.71. The van der Waals surface area contributed by atoms with Gasteiger partial charge in [-0.2, -0.15) is 8.78 Å². The van der Waals surface area contributed by atoms with Gasteiger partial charge in [0.05, 0.1) is 53.3 Å². The second kappa shape index (κ2) is 10.9. The number of methoxy groups -OCH3 is 1. The lowest BCUT2D eigenvalue weighted by molar-refractivity contribution is -0.385. The Kier molecular flexibility index (Phi) is 8.01. The van der Waals surface area contributed by atoms with E-state index in [-0.39, 0.29) is 11.3 Å². The lowest BCUT2D eigenvalue weighted by Gasteiger charge is -2.31. The molecule has 0 aromatic heterocycles. The molecule has 33 heavy (non-hydrogen) atoms. The fraction of sp³-hybridized carbons (Fsp3) is 0.286. The Morgan fingerprint density at radius 2 is 2.03 bits per heavy atom. The maximum absolute atomic E-state index is 12.6. The first-order chi connectivity index (χ1) is 15.8. The number of hydrogen-bond donors (Lipinski definition) is 1. The zero-order valence-electron chi connectivity index (χ0n) is 17.4. The van der Waals surface area contributed by atoms with Crippen LogP contribution in [0.1, 0.15) is 5.56 Å². The summed E-state index contributed by atoms with van der Waals surface area (Å²) >= 11 is 6.35. The monoisotopic (exact) mass is 483 g/mol. The highest BCUT2D eigenvalue weighted by Gasteiger charge is 2.21. The molecule has 1 aliphatic rings. The van der Waals surface area contributed by atoms with E-state index in [1.807, 2.05) is 4.90 Å². The maximum Gasteiger partial charge on any atom is 0.387 e. The van der Waals surface area contributed by atoms with Crippen LogP contribution in [0.15, 0.2) is 36.4 Å². The van der Waals surface area contributed by atoms with Crippen LogP contribution in [0.25, 0.3) is 6.08 Å². The number of hydrogen-bond acceptors (Lipinski definition) is 7. The molecule has 0 spiro atoms. The number of halogens is 3. The minimum Gasteiger partial charge on any atom is -0.493 e. The van der Waals surface area contributed by atoms with Crippen LogP contribution in [0.2, 0.25) is 5.02 Å². The Hall–Kier alpha value is -3.44. The number of anilines is 2. The van der Waals surface area contributed by atoms with Crippen molar-refractivity contribution in [3.05, 3.63) is 57.1 Å². The van der Waals surface area contributed by atoms with Crippen molar-refractivity contribution in [1.82, 2.24) is 0 Å². The van der Waals surface area contributed by atoms with Gasteiger partial charge in [-0.15, -0.1) is 0 Å². The molecule has 2 aromatic carbocycles. The van der Waals surface area contributed by atoms with E-state index in [1.54, 1.807) is 18.2 Å². The molecule has 1 N–H and O–H groups in total. The van der Waals surface area contributed by atoms with Gasteiger partial charge in [-0.3, -0.25) is 14.9 Å². The average molecular weight is 484 g/mol. The number of nitro groups is 1. The third-order valence-corrected chi connectivity index (χ3v) is 5.02. The normalized spacial score (nSPS) is 13.9. The predicted octanol–water partition coefficient (Wildman–Crippen LogP) is 4.35. The zero-order chi connectivity index (χ0) is 24.0. The van der Waals surface area contributed by atoms with Crippen molar-refractivity contribution in [2.75, 3.05) is 43.6 Å². The molecular weight excluding hydrogens is 464 g/mol. The summed E-state index contributed by atoms with van der Waals surface area (Å²) in [5, 5.41) is 14.6. The second-order valence-electron chi connectivity index (χ2n) is 6.76. The minimum absolute atomic E-state index is 0.0342. The van der Waals surface area contributed by atoms with Gasteiger partial charge in [0.15, 0.2) is 11.5 Å². The summed E-state index contributed by atoms with van der Waals surface area (Å²) in [5.74, 6) is -1.21. The summed E-state index contributed by atoms with van der Waals surface area (Å²) in [7, 11) is 1.20. The van der Waals surface area contributed by atoms with Crippen molar-refractivity contribution in [1.29, 1.82) is 0 Å². The van der Waals surface area contributed by atoms with Crippen LogP contribution in [0.3, 0.4) is 0 Å². The Morgan fingerprint density at radius 3 is 2.67 bits per heavy atom. The Morgan fingerprint density at radius 1 is 1.30 bits per heavy atom. The molecule has 0 atom stereocenters. The molecule has 3 rings (SSSR count). The first kappa shape index (κ1) is 24.2. The largest absolute Gasteiger partial charge is 0.493 e. The fourth-order valence-electron chi connectivity index (χ4n) is 3.27. The van der Waals surface area contributed by atoms with Gasteiger partial charge < -0.3 is 24.4 Å². The highest BCUT2D eigenvalue weighted by molar-refractivity contribution is 6.34. The van der Waals surface area contributed by atoms with E-state index < -0.39 is 28.9 Å². The molecule has 176 valence electrons. The van der Waals surface area contributed by atoms with Crippen LogP contribution in [0.4, 0.5) is 25.8 Å². The molecule has 0 bridgehead atoms. The molecule has 9 nitrogen and oxygen atoms in total. The predicted molar refractivity (Wildman–Crippen MR) is 118 cm³/mol. The molecule has 2 aromatic rings. The maximum atomic E-state index is 12.6. The molecule has 1 fully saturated rings. The van der Waals surface area contributed by atoms with Crippen molar-refractivity contribution in [2.24, 2.45) is 0 Å². The summed E-state index contributed by atoms with van der Waals surface area (Å²) in [5.41, 5.74) is 0.539. The lowest BCUT2D eigenvalue weighted by Crippen LogP contribution is -2.37. The van der Waals surface area contributed by atoms with E-state index in [4.69, 9.17) is 21.1 Å². The number of nitro benzene ring substituents is 1. The average Bonchev–Trinajstić information content (AvgIpc) is 2.78. The first-order valence-electron chi connectivity index (χ1n) is 9.71. The summed E-state index contributed by atoms with van der Waals surface area (Å²) < 4.78 is 39.8. The second-order valence-corrected chi connectivity index (χ2v) is 7.16. The number of rotatable bonds is 8. The van der Waals surface area contributed by atoms with E-state index >= 15 is 0 Å². The minimum atomic E-state index is -3.19. The van der Waals surface area contributed by atoms with Crippen LogP contribution in [-0.2, 0) is 9.53 Å². The van der Waals surface area contributed by atoms with E-state index in [1.165, 1.54) is 13.2 Å². The van der Waals surface area contributed by atoms with Gasteiger partial charge in [0.2, 0.25) is 5.91 Å². The van der Waals surface area contributed by atoms with E-state index in [2.05, 4.69) is 10.1 Å². The van der Waals surface area contributed by atoms with Gasteiger partial charge >= 0.3 is 6.61 Å². The molecule has 0 saturated carbocycles. The van der Waals surface area contributed by atoms with Gasteiger partial charge in [-0.05, 0) is 24.3 Å². The van der Waals surface area contributed by atoms with Crippen LogP contribution in [0, 0.1) is 10.1 Å². The van der Waals surface area contributed by atoms with Crippen LogP contribution >= 0.6 is 11.6 Å². The molecule has 0 unspecified atom stereocenters. The standard InChI is InChI=1S/C21H20ClF2N3O6/c1-31-17-11-13(16(27(29)30)12-18(17)33-21(23)24)5-6-19(28)25-15-4-2-3-14(22)20(15)26-7-9-32-10-8-26/h2-6,11-12,21H,7-10H2,1H3,(H,25,28)/b6-5+. The molecule has 1 amide bonds. The Labute approximate surface area is 192 Å². The number of morpholine rings is 1. The van der Waals surface area contributed by atoms with Crippen LogP contribution < -0.4 is 19.7 Å². The summed E-state index contributed by atoms with van der Waals surface area (Å²) in [6.45, 7) is -0.947. The Bertz CT molecular complexity index is 1060. The van der Waals surface area contributed by atoms with Crippen LogP contribution in [0.5, 0.6) is 11.5 Å². The summed E-state index contributed by atoms with van der Waals surface area (Å²) in [6, 6.07) is 7.03. The fourth-order valence-corrected chi connectivity index (χ4v) is 3.56. The van der Waals surface area contributed by atoms with E-state index in [0.717, 1.165) is 18.2 Å². The molecule has 0 aliphatic carbocycles. The van der Waals surface area contributed by atoms with Crippen molar-refractivity contribution < 1.29 is 32.7 Å². The molecule has 1 heterocycles. The van der Waals surface area contributed by atoms with Crippen molar-refractivity contribution >= 4 is 40.6 Å². The third kappa shape index (κ3) is 6.08. The molecular formula is C21H20ClF2N3O6. The lowest BCUT2D eigenvalue weighted by atomic mass is 10.1. The number of carbonyl (C=O) groups excluding carboxylic acids is 1. The Balaban J connectivity index is 1.85. The molecule has 1 aliphatic heterocycles. The van der Waals surface area contributed by atoms with Gasteiger partial charge in [-0.1, -0.05) is 17.7 Å². The number of alkyl halides is 2. The molecule has 1 saturated heterocycles. The zero-order valence-corrected chi connectivity index (χ0v) is 18.2. The number of amides is 1. The van der Waals surface area contributed by atoms with Gasteiger partial charge in [0.25, 0.3) is 5.69 Å². The number of benzene rings is 2. The highest BCUT2D eigenvalue weighted by atomic mass is 35.5.